The maximum absolute atomic E-state index is 5.43. The van der Waals surface area contributed by atoms with E-state index in [0.29, 0.717) is 24.0 Å². The summed E-state index contributed by atoms with van der Waals surface area (Å²) in [6.07, 6.45) is 2.60. The van der Waals surface area contributed by atoms with E-state index in [1.165, 1.54) is 5.56 Å². The topological polar surface area (TPSA) is 69.6 Å². The molecule has 4 rings (SSSR count). The molecule has 0 fully saturated rings. The maximum Gasteiger partial charge on any atom is 0.237 e. The van der Waals surface area contributed by atoms with E-state index in [2.05, 4.69) is 63.0 Å². The van der Waals surface area contributed by atoms with Gasteiger partial charge in [0.25, 0.3) is 0 Å². The molecule has 7 heteroatoms. The molecule has 2 aromatic carbocycles. The second-order valence-corrected chi connectivity index (χ2v) is 8.50. The number of aryl methyl sites for hydroxylation is 1. The summed E-state index contributed by atoms with van der Waals surface area (Å²) in [6, 6.07) is 20.5. The molecule has 2 aromatic heterocycles. The van der Waals surface area contributed by atoms with Crippen molar-refractivity contribution in [1.82, 2.24) is 24.9 Å². The summed E-state index contributed by atoms with van der Waals surface area (Å²) < 4.78 is 7.53. The van der Waals surface area contributed by atoms with E-state index in [9.17, 15) is 0 Å². The van der Waals surface area contributed by atoms with Crippen LogP contribution >= 0.6 is 11.8 Å². The van der Waals surface area contributed by atoms with Crippen LogP contribution in [0, 0.1) is 5.92 Å². The molecule has 0 unspecified atom stereocenters. The Morgan fingerprint density at radius 1 is 0.967 bits per heavy atom. The average Bonchev–Trinajstić information content (AvgIpc) is 3.39. The van der Waals surface area contributed by atoms with Crippen molar-refractivity contribution in [3.05, 3.63) is 83.8 Å². The zero-order valence-electron chi connectivity index (χ0n) is 17.2. The van der Waals surface area contributed by atoms with Gasteiger partial charge in [0, 0.05) is 18.5 Å². The third-order valence-corrected chi connectivity index (χ3v) is 5.61. The van der Waals surface area contributed by atoms with Crippen LogP contribution in [0.5, 0.6) is 0 Å². The van der Waals surface area contributed by atoms with Crippen LogP contribution < -0.4 is 0 Å². The van der Waals surface area contributed by atoms with Crippen LogP contribution in [-0.2, 0) is 18.6 Å². The van der Waals surface area contributed by atoms with Gasteiger partial charge in [-0.2, -0.15) is 4.98 Å². The summed E-state index contributed by atoms with van der Waals surface area (Å²) in [5.74, 6) is 3.47. The molecule has 0 N–H and O–H groups in total. The van der Waals surface area contributed by atoms with E-state index in [-0.39, 0.29) is 0 Å². The summed E-state index contributed by atoms with van der Waals surface area (Å²) in [7, 11) is 0. The molecule has 0 bridgehead atoms. The Balaban J connectivity index is 1.53. The highest BCUT2D eigenvalue weighted by molar-refractivity contribution is 7.98. The van der Waals surface area contributed by atoms with Crippen molar-refractivity contribution in [2.24, 2.45) is 5.92 Å². The molecule has 0 radical (unpaired) electrons. The van der Waals surface area contributed by atoms with Gasteiger partial charge in [0.05, 0.1) is 5.75 Å². The fraction of sp³-hybridized carbons (Fsp3) is 0.304. The van der Waals surface area contributed by atoms with E-state index >= 15 is 0 Å². The summed E-state index contributed by atoms with van der Waals surface area (Å²) in [6.45, 7) is 4.39. The minimum atomic E-state index is 0.560. The van der Waals surface area contributed by atoms with Gasteiger partial charge in [-0.05, 0) is 30.0 Å². The van der Waals surface area contributed by atoms with Gasteiger partial charge < -0.3 is 4.52 Å². The van der Waals surface area contributed by atoms with E-state index in [1.807, 2.05) is 36.4 Å². The third kappa shape index (κ3) is 5.16. The lowest BCUT2D eigenvalue weighted by molar-refractivity contribution is 0.383. The largest absolute Gasteiger partial charge is 0.338 e. The summed E-state index contributed by atoms with van der Waals surface area (Å²) in [5.41, 5.74) is 2.24. The number of para-hydroxylation sites is 1. The Bertz CT molecular complexity index is 1060. The van der Waals surface area contributed by atoms with Gasteiger partial charge in [-0.25, -0.2) is 0 Å². The highest BCUT2D eigenvalue weighted by Crippen LogP contribution is 2.26. The molecule has 0 saturated carbocycles. The zero-order chi connectivity index (χ0) is 20.8. The van der Waals surface area contributed by atoms with Gasteiger partial charge in [0.1, 0.15) is 5.82 Å². The van der Waals surface area contributed by atoms with Crippen LogP contribution in [0.1, 0.15) is 43.4 Å². The number of hydrogen-bond acceptors (Lipinski definition) is 6. The lowest BCUT2D eigenvalue weighted by Crippen LogP contribution is -2.03. The van der Waals surface area contributed by atoms with Gasteiger partial charge in [-0.3, -0.25) is 4.57 Å². The van der Waals surface area contributed by atoms with Crippen molar-refractivity contribution in [2.45, 2.75) is 44.0 Å². The average molecular weight is 420 g/mol. The normalized spacial score (nSPS) is 11.3. The van der Waals surface area contributed by atoms with Crippen LogP contribution in [0.25, 0.3) is 5.69 Å². The van der Waals surface area contributed by atoms with Crippen LogP contribution in [0.2, 0.25) is 0 Å². The van der Waals surface area contributed by atoms with Gasteiger partial charge >= 0.3 is 0 Å². The number of aromatic nitrogens is 5. The van der Waals surface area contributed by atoms with Crippen LogP contribution in [0.4, 0.5) is 0 Å². The molecule has 0 aliphatic rings. The Hall–Kier alpha value is -2.93. The molecule has 0 spiro atoms. The minimum absolute atomic E-state index is 0.560. The maximum atomic E-state index is 5.43. The molecule has 0 atom stereocenters. The second-order valence-electron chi connectivity index (χ2n) is 7.56. The molecule has 4 aromatic rings. The minimum Gasteiger partial charge on any atom is -0.338 e. The summed E-state index contributed by atoms with van der Waals surface area (Å²) >= 11 is 1.56. The monoisotopic (exact) mass is 419 g/mol. The number of hydrogen-bond donors (Lipinski definition) is 0. The van der Waals surface area contributed by atoms with E-state index in [0.717, 1.165) is 35.3 Å². The summed E-state index contributed by atoms with van der Waals surface area (Å²) in [5, 5.41) is 13.8. The first kappa shape index (κ1) is 20.3. The van der Waals surface area contributed by atoms with Crippen molar-refractivity contribution in [3.63, 3.8) is 0 Å². The molecule has 0 amide bonds. The lowest BCUT2D eigenvalue weighted by Gasteiger charge is -2.09. The highest BCUT2D eigenvalue weighted by Gasteiger charge is 2.16. The Morgan fingerprint density at radius 2 is 1.70 bits per heavy atom. The van der Waals surface area contributed by atoms with E-state index < -0.39 is 0 Å². The molecule has 30 heavy (non-hydrogen) atoms. The fourth-order valence-corrected chi connectivity index (χ4v) is 3.93. The van der Waals surface area contributed by atoms with Crippen LogP contribution in [0.3, 0.4) is 0 Å². The van der Waals surface area contributed by atoms with Crippen molar-refractivity contribution >= 4 is 11.8 Å². The standard InChI is InChI=1S/C23H25N5OS/c1-17(2)13-14-20-24-22(29-27-20)16-30-23-26-25-21(15-18-9-5-3-6-10-18)28(23)19-11-7-4-8-12-19/h3-12,17H,13-16H2,1-2H3. The van der Waals surface area contributed by atoms with Gasteiger partial charge in [-0.1, -0.05) is 79.3 Å². The van der Waals surface area contributed by atoms with Crippen LogP contribution in [0.15, 0.2) is 70.3 Å². The third-order valence-electron chi connectivity index (χ3n) is 4.70. The van der Waals surface area contributed by atoms with Crippen LogP contribution in [-0.4, -0.2) is 24.9 Å². The molecule has 2 heterocycles. The molecular formula is C23H25N5OS. The summed E-state index contributed by atoms with van der Waals surface area (Å²) in [4.78, 5) is 4.52. The first-order chi connectivity index (χ1) is 14.7. The van der Waals surface area contributed by atoms with Gasteiger partial charge in [-0.15, -0.1) is 10.2 Å². The Kier molecular flexibility index (Phi) is 6.59. The van der Waals surface area contributed by atoms with Crippen molar-refractivity contribution < 1.29 is 4.52 Å². The predicted octanol–water partition coefficient (Wildman–Crippen LogP) is 5.12. The number of rotatable bonds is 9. The first-order valence-electron chi connectivity index (χ1n) is 10.2. The quantitative estimate of drug-likeness (QED) is 0.351. The first-order valence-corrected chi connectivity index (χ1v) is 11.2. The molecule has 6 nitrogen and oxygen atoms in total. The zero-order valence-corrected chi connectivity index (χ0v) is 18.0. The van der Waals surface area contributed by atoms with Crippen molar-refractivity contribution in [1.29, 1.82) is 0 Å². The Morgan fingerprint density at radius 3 is 2.43 bits per heavy atom. The number of thioether (sulfide) groups is 1. The Labute approximate surface area is 180 Å². The van der Waals surface area contributed by atoms with E-state index in [1.54, 1.807) is 11.8 Å². The van der Waals surface area contributed by atoms with Gasteiger partial charge in [0.15, 0.2) is 11.0 Å². The molecular weight excluding hydrogens is 394 g/mol. The van der Waals surface area contributed by atoms with Crippen molar-refractivity contribution in [2.75, 3.05) is 0 Å². The lowest BCUT2D eigenvalue weighted by atomic mass is 10.1. The molecule has 0 saturated heterocycles. The molecule has 0 aliphatic carbocycles. The highest BCUT2D eigenvalue weighted by atomic mass is 32.2. The smallest absolute Gasteiger partial charge is 0.237 e. The fourth-order valence-electron chi connectivity index (χ4n) is 3.12. The SMILES string of the molecule is CC(C)CCc1noc(CSc2nnc(Cc3ccccc3)n2-c2ccccc2)n1. The van der Waals surface area contributed by atoms with Crippen molar-refractivity contribution in [3.8, 4) is 5.69 Å². The molecule has 0 aliphatic heterocycles. The predicted molar refractivity (Wildman–Crippen MR) is 118 cm³/mol. The van der Waals surface area contributed by atoms with E-state index in [4.69, 9.17) is 4.52 Å². The number of benzene rings is 2. The second kappa shape index (κ2) is 9.71. The number of nitrogens with zero attached hydrogens (tertiary/aromatic N) is 5. The molecule has 154 valence electrons. The van der Waals surface area contributed by atoms with Gasteiger partial charge in [0.2, 0.25) is 5.89 Å².